The highest BCUT2D eigenvalue weighted by Crippen LogP contribution is 2.11. The van der Waals surface area contributed by atoms with Crippen molar-refractivity contribution in [3.05, 3.63) is 18.1 Å². The maximum absolute atomic E-state index is 8.57. The van der Waals surface area contributed by atoms with E-state index in [9.17, 15) is 0 Å². The largest absolute Gasteiger partial charge is 0.366 e. The number of rotatable bonds is 4. The van der Waals surface area contributed by atoms with Crippen LogP contribution >= 0.6 is 0 Å². The van der Waals surface area contributed by atoms with Crippen molar-refractivity contribution < 1.29 is 0 Å². The van der Waals surface area contributed by atoms with E-state index in [-0.39, 0.29) is 0 Å². The minimum atomic E-state index is 0.346. The molecule has 1 N–H and O–H groups in total. The second-order valence-electron chi connectivity index (χ2n) is 3.80. The number of nitrogens with zero attached hydrogens (tertiary/aromatic N) is 3. The van der Waals surface area contributed by atoms with Gasteiger partial charge in [-0.05, 0) is 12.3 Å². The van der Waals surface area contributed by atoms with E-state index in [0.717, 1.165) is 12.2 Å². The maximum atomic E-state index is 8.57. The van der Waals surface area contributed by atoms with E-state index in [1.807, 2.05) is 6.07 Å². The van der Waals surface area contributed by atoms with Gasteiger partial charge in [-0.3, -0.25) is 0 Å². The number of hydrogen-bond acceptors (Lipinski definition) is 4. The summed E-state index contributed by atoms with van der Waals surface area (Å²) >= 11 is 0. The lowest BCUT2D eigenvalue weighted by molar-refractivity contribution is 0.509. The fourth-order valence-corrected chi connectivity index (χ4v) is 1.39. The summed E-state index contributed by atoms with van der Waals surface area (Å²) in [5, 5.41) is 11.9. The van der Waals surface area contributed by atoms with Crippen molar-refractivity contribution in [2.75, 3.05) is 5.32 Å². The smallest absolute Gasteiger partial charge is 0.158 e. The molecule has 1 heterocycles. The number of aromatic nitrogens is 2. The molecule has 1 aromatic rings. The molecule has 0 aromatic carbocycles. The van der Waals surface area contributed by atoms with Gasteiger partial charge in [0.25, 0.3) is 0 Å². The minimum absolute atomic E-state index is 0.346. The minimum Gasteiger partial charge on any atom is -0.366 e. The molecule has 0 amide bonds. The fraction of sp³-hybridized carbons (Fsp3) is 0.545. The normalized spacial score (nSPS) is 12.2. The van der Waals surface area contributed by atoms with Crippen LogP contribution in [-0.2, 0) is 0 Å². The highest BCUT2D eigenvalue weighted by atomic mass is 15.0. The van der Waals surface area contributed by atoms with Crippen LogP contribution in [-0.4, -0.2) is 16.0 Å². The Morgan fingerprint density at radius 2 is 2.13 bits per heavy atom. The van der Waals surface area contributed by atoms with E-state index in [1.54, 1.807) is 6.20 Å². The standard InChI is InChI=1S/C11H16N4/c1-4-10(8(2)3)15-11-7-13-9(5-12)6-14-11/h6-8,10H,4H2,1-3H3,(H,14,15). The van der Waals surface area contributed by atoms with Crippen LogP contribution in [0, 0.1) is 17.2 Å². The van der Waals surface area contributed by atoms with Gasteiger partial charge in [0.05, 0.1) is 12.4 Å². The van der Waals surface area contributed by atoms with Crippen LogP contribution in [0.2, 0.25) is 0 Å². The second kappa shape index (κ2) is 5.30. The lowest BCUT2D eigenvalue weighted by Crippen LogP contribution is -2.25. The zero-order valence-corrected chi connectivity index (χ0v) is 9.36. The molecule has 0 radical (unpaired) electrons. The molecular formula is C11H16N4. The number of hydrogen-bond donors (Lipinski definition) is 1. The first-order valence-corrected chi connectivity index (χ1v) is 5.16. The molecule has 0 aliphatic carbocycles. The van der Waals surface area contributed by atoms with Crippen molar-refractivity contribution >= 4 is 5.82 Å². The van der Waals surface area contributed by atoms with Gasteiger partial charge in [-0.2, -0.15) is 5.26 Å². The summed E-state index contributed by atoms with van der Waals surface area (Å²) in [7, 11) is 0. The van der Waals surface area contributed by atoms with Crippen LogP contribution < -0.4 is 5.32 Å². The lowest BCUT2D eigenvalue weighted by atomic mass is 10.0. The summed E-state index contributed by atoms with van der Waals surface area (Å²) < 4.78 is 0. The van der Waals surface area contributed by atoms with E-state index in [2.05, 4.69) is 36.1 Å². The van der Waals surface area contributed by atoms with Crippen molar-refractivity contribution in [3.8, 4) is 6.07 Å². The molecular weight excluding hydrogens is 188 g/mol. The lowest BCUT2D eigenvalue weighted by Gasteiger charge is -2.20. The number of anilines is 1. The van der Waals surface area contributed by atoms with Crippen LogP contribution in [0.3, 0.4) is 0 Å². The molecule has 0 saturated heterocycles. The highest BCUT2D eigenvalue weighted by molar-refractivity contribution is 5.34. The van der Waals surface area contributed by atoms with Gasteiger partial charge in [-0.25, -0.2) is 9.97 Å². The molecule has 15 heavy (non-hydrogen) atoms. The Kier molecular flexibility index (Phi) is 4.04. The first kappa shape index (κ1) is 11.4. The third-order valence-electron chi connectivity index (χ3n) is 2.34. The average molecular weight is 204 g/mol. The molecule has 4 heteroatoms. The molecule has 80 valence electrons. The third kappa shape index (κ3) is 3.21. The van der Waals surface area contributed by atoms with E-state index in [1.165, 1.54) is 6.20 Å². The third-order valence-corrected chi connectivity index (χ3v) is 2.34. The quantitative estimate of drug-likeness (QED) is 0.816. The Morgan fingerprint density at radius 1 is 1.40 bits per heavy atom. The topological polar surface area (TPSA) is 61.6 Å². The Balaban J connectivity index is 2.68. The van der Waals surface area contributed by atoms with Gasteiger partial charge in [-0.1, -0.05) is 20.8 Å². The summed E-state index contributed by atoms with van der Waals surface area (Å²) in [6.45, 7) is 6.46. The van der Waals surface area contributed by atoms with Crippen LogP contribution in [0.1, 0.15) is 32.9 Å². The van der Waals surface area contributed by atoms with Crippen molar-refractivity contribution in [3.63, 3.8) is 0 Å². The van der Waals surface area contributed by atoms with E-state index >= 15 is 0 Å². The highest BCUT2D eigenvalue weighted by Gasteiger charge is 2.10. The van der Waals surface area contributed by atoms with Gasteiger partial charge < -0.3 is 5.32 Å². The van der Waals surface area contributed by atoms with Crippen molar-refractivity contribution in [2.24, 2.45) is 5.92 Å². The molecule has 0 bridgehead atoms. The predicted octanol–water partition coefficient (Wildman–Crippen LogP) is 2.19. The average Bonchev–Trinajstić information content (AvgIpc) is 2.26. The van der Waals surface area contributed by atoms with Crippen molar-refractivity contribution in [2.45, 2.75) is 33.2 Å². The first-order valence-electron chi connectivity index (χ1n) is 5.16. The Morgan fingerprint density at radius 3 is 2.53 bits per heavy atom. The summed E-state index contributed by atoms with van der Waals surface area (Å²) in [4.78, 5) is 8.08. The molecule has 1 atom stereocenters. The monoisotopic (exact) mass is 204 g/mol. The molecule has 1 unspecified atom stereocenters. The van der Waals surface area contributed by atoms with Crippen molar-refractivity contribution in [1.82, 2.24) is 9.97 Å². The zero-order chi connectivity index (χ0) is 11.3. The number of nitrogens with one attached hydrogen (secondary N) is 1. The summed E-state index contributed by atoms with van der Waals surface area (Å²) in [5.41, 5.74) is 0.346. The summed E-state index contributed by atoms with van der Waals surface area (Å²) in [5.74, 6) is 1.28. The van der Waals surface area contributed by atoms with E-state index in [4.69, 9.17) is 5.26 Å². The molecule has 0 fully saturated rings. The zero-order valence-electron chi connectivity index (χ0n) is 9.36. The SMILES string of the molecule is CCC(Nc1cnc(C#N)cn1)C(C)C. The molecule has 1 rings (SSSR count). The molecule has 0 saturated carbocycles. The Bertz CT molecular complexity index is 337. The summed E-state index contributed by atoms with van der Waals surface area (Å²) in [6, 6.07) is 2.34. The molecule has 0 aliphatic rings. The molecule has 4 nitrogen and oxygen atoms in total. The number of nitriles is 1. The van der Waals surface area contributed by atoms with E-state index < -0.39 is 0 Å². The molecule has 0 aliphatic heterocycles. The fourth-order valence-electron chi connectivity index (χ4n) is 1.39. The maximum Gasteiger partial charge on any atom is 0.158 e. The first-order chi connectivity index (χ1) is 7.17. The van der Waals surface area contributed by atoms with Crippen molar-refractivity contribution in [1.29, 1.82) is 5.26 Å². The molecule has 0 spiro atoms. The van der Waals surface area contributed by atoms with Crippen LogP contribution in [0.25, 0.3) is 0 Å². The molecule has 1 aromatic heterocycles. The van der Waals surface area contributed by atoms with Crippen LogP contribution in [0.5, 0.6) is 0 Å². The second-order valence-corrected chi connectivity index (χ2v) is 3.80. The Labute approximate surface area is 90.4 Å². The van der Waals surface area contributed by atoms with Gasteiger partial charge in [0.1, 0.15) is 11.9 Å². The van der Waals surface area contributed by atoms with Crippen LogP contribution in [0.4, 0.5) is 5.82 Å². The van der Waals surface area contributed by atoms with Crippen LogP contribution in [0.15, 0.2) is 12.4 Å². The predicted molar refractivity (Wildman–Crippen MR) is 59.3 cm³/mol. The Hall–Kier alpha value is -1.63. The van der Waals surface area contributed by atoms with Gasteiger partial charge in [0, 0.05) is 6.04 Å². The van der Waals surface area contributed by atoms with Gasteiger partial charge in [0.15, 0.2) is 5.69 Å². The summed E-state index contributed by atoms with van der Waals surface area (Å²) in [6.07, 6.45) is 4.12. The van der Waals surface area contributed by atoms with Gasteiger partial charge in [-0.15, -0.1) is 0 Å². The van der Waals surface area contributed by atoms with E-state index in [0.29, 0.717) is 17.7 Å². The van der Waals surface area contributed by atoms with Gasteiger partial charge in [0.2, 0.25) is 0 Å². The van der Waals surface area contributed by atoms with Gasteiger partial charge >= 0.3 is 0 Å².